The zero-order valence-corrected chi connectivity index (χ0v) is 32.2. The molecular formula is C44H54BF2N5O. The van der Waals surface area contributed by atoms with E-state index in [0.29, 0.717) is 28.6 Å². The van der Waals surface area contributed by atoms with Crippen LogP contribution in [0.5, 0.6) is 0 Å². The van der Waals surface area contributed by atoms with Crippen molar-refractivity contribution in [3.8, 4) is 11.3 Å². The normalized spacial score (nSPS) is 32.3. The van der Waals surface area contributed by atoms with E-state index in [1.807, 2.05) is 61.9 Å². The third kappa shape index (κ3) is 6.45. The summed E-state index contributed by atoms with van der Waals surface area (Å²) in [6, 6.07) is 9.85. The largest absolute Gasteiger partial charge is 0.678 e. The Morgan fingerprint density at radius 1 is 1.02 bits per heavy atom. The smallest absolute Gasteiger partial charge is 0.393 e. The molecule has 6 nitrogen and oxygen atoms in total. The molecule has 3 heterocycles. The summed E-state index contributed by atoms with van der Waals surface area (Å²) >= 11 is 0. The van der Waals surface area contributed by atoms with Crippen molar-refractivity contribution in [2.75, 3.05) is 0 Å². The maximum atomic E-state index is 14.3. The van der Waals surface area contributed by atoms with Gasteiger partial charge >= 0.3 is 7.40 Å². The van der Waals surface area contributed by atoms with Crippen LogP contribution in [-0.2, 0) is 6.54 Å². The van der Waals surface area contributed by atoms with Crippen molar-refractivity contribution in [1.29, 1.82) is 0 Å². The van der Waals surface area contributed by atoms with Crippen molar-refractivity contribution >= 4 is 31.3 Å². The van der Waals surface area contributed by atoms with Crippen LogP contribution in [0.15, 0.2) is 70.5 Å². The summed E-state index contributed by atoms with van der Waals surface area (Å²) in [6.45, 7) is 14.1. The maximum Gasteiger partial charge on any atom is 0.678 e. The van der Waals surface area contributed by atoms with Crippen LogP contribution in [0.1, 0.15) is 109 Å². The van der Waals surface area contributed by atoms with E-state index in [-0.39, 0.29) is 11.5 Å². The zero-order valence-electron chi connectivity index (χ0n) is 32.2. The highest BCUT2D eigenvalue weighted by Gasteiger charge is 2.59. The summed E-state index contributed by atoms with van der Waals surface area (Å²) in [7, 11) is -2.68. The number of aliphatic hydroxyl groups is 1. The van der Waals surface area contributed by atoms with E-state index < -0.39 is 7.40 Å². The second-order valence-corrected chi connectivity index (χ2v) is 17.5. The molecule has 0 radical (unpaired) electrons. The first-order valence-electron chi connectivity index (χ1n) is 19.9. The van der Waals surface area contributed by atoms with Crippen LogP contribution in [0.4, 0.5) is 8.63 Å². The Bertz CT molecular complexity index is 2040. The molecule has 4 aliphatic carbocycles. The Labute approximate surface area is 314 Å². The van der Waals surface area contributed by atoms with Gasteiger partial charge in [0.05, 0.1) is 18.0 Å². The molecule has 9 heteroatoms. The summed E-state index contributed by atoms with van der Waals surface area (Å²) in [5.41, 5.74) is 9.21. The maximum absolute atomic E-state index is 14.3. The van der Waals surface area contributed by atoms with Crippen LogP contribution in [0, 0.1) is 47.3 Å². The molecule has 4 unspecified atom stereocenters. The van der Waals surface area contributed by atoms with E-state index in [2.05, 4.69) is 48.3 Å². The SMILES string of the molecule is CC1=CC(C)=N/C1=C\c1c(C)cc(/C=C/c2ccc(-c3cn(C[C@@H](C)C4CCC5C6CC=C7C[C@@H](O)CC[C@]7(C)C6CC[C@@]54C)nn3)cc2)n1B(F)F. The van der Waals surface area contributed by atoms with Crippen LogP contribution in [0.3, 0.4) is 0 Å². The Morgan fingerprint density at radius 3 is 2.55 bits per heavy atom. The van der Waals surface area contributed by atoms with Gasteiger partial charge in [-0.2, -0.15) is 0 Å². The molecule has 278 valence electrons. The van der Waals surface area contributed by atoms with E-state index in [1.54, 1.807) is 23.8 Å². The Hall–Kier alpha value is -3.85. The molecule has 5 aliphatic rings. The summed E-state index contributed by atoms with van der Waals surface area (Å²) < 4.78 is 31.8. The second kappa shape index (κ2) is 13.8. The Morgan fingerprint density at radius 2 is 1.81 bits per heavy atom. The minimum Gasteiger partial charge on any atom is -0.393 e. The molecule has 3 aromatic rings. The highest BCUT2D eigenvalue weighted by molar-refractivity contribution is 6.41. The lowest BCUT2D eigenvalue weighted by molar-refractivity contribution is -0.0578. The van der Waals surface area contributed by atoms with Crippen molar-refractivity contribution in [3.63, 3.8) is 0 Å². The fourth-order valence-corrected chi connectivity index (χ4v) is 11.7. The number of hydrogen-bond donors (Lipinski definition) is 1. The van der Waals surface area contributed by atoms with Gasteiger partial charge in [0.25, 0.3) is 0 Å². The number of nitrogens with zero attached hydrogens (tertiary/aromatic N) is 5. The molecule has 8 rings (SSSR count). The third-order valence-corrected chi connectivity index (χ3v) is 14.4. The van der Waals surface area contributed by atoms with E-state index in [9.17, 15) is 13.7 Å². The van der Waals surface area contributed by atoms with Crippen LogP contribution in [-0.4, -0.2) is 43.8 Å². The van der Waals surface area contributed by atoms with Gasteiger partial charge in [0.1, 0.15) is 5.69 Å². The first-order valence-corrected chi connectivity index (χ1v) is 19.9. The fraction of sp³-hybridized carbons (Fsp3) is 0.523. The van der Waals surface area contributed by atoms with Crippen LogP contribution in [0.2, 0.25) is 0 Å². The average Bonchev–Trinajstić information content (AvgIpc) is 3.88. The number of aromatic nitrogens is 4. The van der Waals surface area contributed by atoms with E-state index >= 15 is 0 Å². The lowest BCUT2D eigenvalue weighted by atomic mass is 9.47. The van der Waals surface area contributed by atoms with Crippen molar-refractivity contribution in [3.05, 3.63) is 88.0 Å². The van der Waals surface area contributed by atoms with Gasteiger partial charge in [-0.05, 0) is 154 Å². The zero-order chi connectivity index (χ0) is 37.2. The van der Waals surface area contributed by atoms with Gasteiger partial charge < -0.3 is 9.58 Å². The number of halogens is 2. The summed E-state index contributed by atoms with van der Waals surface area (Å²) in [5, 5.41) is 19.5. The molecule has 1 N–H and O–H groups in total. The lowest BCUT2D eigenvalue weighted by Crippen LogP contribution is -2.51. The molecule has 53 heavy (non-hydrogen) atoms. The van der Waals surface area contributed by atoms with Gasteiger partial charge in [-0.25, -0.2) is 0 Å². The van der Waals surface area contributed by atoms with E-state index in [1.165, 1.54) is 32.1 Å². The molecule has 1 aromatic carbocycles. The van der Waals surface area contributed by atoms with Crippen molar-refractivity contribution in [1.82, 2.24) is 19.5 Å². The van der Waals surface area contributed by atoms with Gasteiger partial charge in [-0.15, -0.1) is 5.10 Å². The summed E-state index contributed by atoms with van der Waals surface area (Å²) in [5.74, 6) is 3.47. The Balaban J connectivity index is 0.925. The van der Waals surface area contributed by atoms with E-state index in [0.717, 1.165) is 87.4 Å². The van der Waals surface area contributed by atoms with Crippen molar-refractivity contribution < 1.29 is 13.7 Å². The average molecular weight is 718 g/mol. The number of rotatable bonds is 8. The summed E-state index contributed by atoms with van der Waals surface area (Å²) in [6.07, 6.45) is 21.2. The number of fused-ring (bicyclic) bond motifs is 5. The van der Waals surface area contributed by atoms with Crippen LogP contribution in [0.25, 0.3) is 29.5 Å². The van der Waals surface area contributed by atoms with Crippen molar-refractivity contribution in [2.45, 2.75) is 106 Å². The predicted molar refractivity (Wildman–Crippen MR) is 212 cm³/mol. The minimum atomic E-state index is -2.68. The van der Waals surface area contributed by atoms with Gasteiger partial charge in [-0.1, -0.05) is 68.0 Å². The predicted octanol–water partition coefficient (Wildman–Crippen LogP) is 10.3. The lowest BCUT2D eigenvalue weighted by Gasteiger charge is -2.58. The van der Waals surface area contributed by atoms with Crippen LogP contribution < -0.4 is 0 Å². The molecule has 0 bridgehead atoms. The molecule has 1 aliphatic heterocycles. The third-order valence-electron chi connectivity index (χ3n) is 14.4. The van der Waals surface area contributed by atoms with Gasteiger partial charge in [0, 0.05) is 29.2 Å². The molecule has 3 fully saturated rings. The standard InChI is InChI=1S/C44H54BF2N5O/c1-27-21-30(4)48-40(27)24-42-28(2)22-34(52(42)45(46)47)13-9-31-7-10-32(11-8-31)41-26-51(50-49-41)25-29(3)37-15-16-38-36-14-12-33-23-35(53)17-19-43(33,5)39(36)18-20-44(37,38)6/h7-13,21-22,24,26,29,35-39,53H,14-20,23,25H2,1-6H3/b13-9+,40-24-/t29-,35+,36?,37?,38?,39?,43+,44-/m1/s1. The van der Waals surface area contributed by atoms with Gasteiger partial charge in [0.15, 0.2) is 0 Å². The number of hydrogen-bond acceptors (Lipinski definition) is 4. The Kier molecular flexibility index (Phi) is 9.40. The number of aliphatic imine (C=N–C) groups is 1. The summed E-state index contributed by atoms with van der Waals surface area (Å²) in [4.78, 5) is 4.51. The topological polar surface area (TPSA) is 68.2 Å². The highest BCUT2D eigenvalue weighted by atomic mass is 19.2. The monoisotopic (exact) mass is 717 g/mol. The first-order chi connectivity index (χ1) is 25.3. The fourth-order valence-electron chi connectivity index (χ4n) is 11.7. The number of aryl methyl sites for hydroxylation is 1. The first kappa shape index (κ1) is 36.1. The molecule has 2 aromatic heterocycles. The van der Waals surface area contributed by atoms with Crippen molar-refractivity contribution in [2.24, 2.45) is 45.4 Å². The number of allylic oxidation sites excluding steroid dienone is 3. The molecule has 0 spiro atoms. The highest BCUT2D eigenvalue weighted by Crippen LogP contribution is 2.67. The minimum absolute atomic E-state index is 0.150. The van der Waals surface area contributed by atoms with Gasteiger partial charge in [-0.3, -0.25) is 18.3 Å². The molecular weight excluding hydrogens is 663 g/mol. The molecule has 3 saturated carbocycles. The number of benzene rings is 1. The second-order valence-electron chi connectivity index (χ2n) is 17.5. The number of aliphatic hydroxyl groups excluding tert-OH is 1. The van der Waals surface area contributed by atoms with E-state index in [4.69, 9.17) is 0 Å². The molecule has 0 saturated heterocycles. The van der Waals surface area contributed by atoms with Gasteiger partial charge in [0.2, 0.25) is 0 Å². The van der Waals surface area contributed by atoms with Crippen LogP contribution >= 0.6 is 0 Å². The quantitative estimate of drug-likeness (QED) is 0.186. The molecule has 8 atom stereocenters. The molecule has 0 amide bonds.